The number of rotatable bonds is 4. The van der Waals surface area contributed by atoms with Crippen molar-refractivity contribution >= 4 is 6.03 Å². The highest BCUT2D eigenvalue weighted by atomic mass is 16.6. The van der Waals surface area contributed by atoms with Gasteiger partial charge in [-0.05, 0) is 25.8 Å². The summed E-state index contributed by atoms with van der Waals surface area (Å²) in [6, 6.07) is 6.76. The van der Waals surface area contributed by atoms with Crippen LogP contribution in [0, 0.1) is 0 Å². The minimum absolute atomic E-state index is 0.226. The Bertz CT molecular complexity index is 628. The molecule has 4 rings (SSSR count). The van der Waals surface area contributed by atoms with E-state index in [2.05, 4.69) is 22.8 Å². The molecule has 136 valence electrons. The van der Waals surface area contributed by atoms with Gasteiger partial charge in [0.1, 0.15) is 13.2 Å². The molecule has 0 aliphatic carbocycles. The lowest BCUT2D eigenvalue weighted by Crippen LogP contribution is -2.46. The van der Waals surface area contributed by atoms with Gasteiger partial charge < -0.3 is 19.3 Å². The lowest BCUT2D eigenvalue weighted by atomic mass is 10.0. The van der Waals surface area contributed by atoms with E-state index in [0.29, 0.717) is 19.3 Å². The molecule has 0 radical (unpaired) electrons. The monoisotopic (exact) mass is 345 g/mol. The maximum atomic E-state index is 12.4. The fourth-order valence-electron chi connectivity index (χ4n) is 4.12. The standard InChI is InChI=1S/C19H27N3O3/c1-2-21-10-11-22(19(21)23)16-6-8-20(9-7-16)14-15-4-3-5-17-18(15)25-13-12-24-17/h3-5,16H,2,6-14H2,1H3. The number of likely N-dealkylation sites (N-methyl/N-ethyl adjacent to an activating group) is 1. The molecule has 0 bridgehead atoms. The Morgan fingerprint density at radius 3 is 2.64 bits per heavy atom. The van der Waals surface area contributed by atoms with Crippen LogP contribution >= 0.6 is 0 Å². The van der Waals surface area contributed by atoms with Gasteiger partial charge >= 0.3 is 6.03 Å². The van der Waals surface area contributed by atoms with Gasteiger partial charge in [0, 0.05) is 50.9 Å². The van der Waals surface area contributed by atoms with E-state index in [9.17, 15) is 4.79 Å². The maximum absolute atomic E-state index is 12.4. The van der Waals surface area contributed by atoms with E-state index in [-0.39, 0.29) is 6.03 Å². The molecule has 3 aliphatic rings. The molecular weight excluding hydrogens is 318 g/mol. The number of para-hydroxylation sites is 1. The Hall–Kier alpha value is -1.95. The maximum Gasteiger partial charge on any atom is 0.320 e. The van der Waals surface area contributed by atoms with Crippen LogP contribution in [0.1, 0.15) is 25.3 Å². The molecule has 25 heavy (non-hydrogen) atoms. The Morgan fingerprint density at radius 2 is 1.88 bits per heavy atom. The molecule has 0 saturated carbocycles. The number of hydrogen-bond acceptors (Lipinski definition) is 4. The molecule has 0 unspecified atom stereocenters. The van der Waals surface area contributed by atoms with Crippen LogP contribution in [0.2, 0.25) is 0 Å². The number of likely N-dealkylation sites (tertiary alicyclic amines) is 1. The van der Waals surface area contributed by atoms with Gasteiger partial charge in [-0.25, -0.2) is 4.79 Å². The number of benzene rings is 1. The zero-order valence-corrected chi connectivity index (χ0v) is 14.9. The summed E-state index contributed by atoms with van der Waals surface area (Å²) in [5.41, 5.74) is 1.20. The lowest BCUT2D eigenvalue weighted by molar-refractivity contribution is 0.124. The van der Waals surface area contributed by atoms with E-state index in [4.69, 9.17) is 9.47 Å². The van der Waals surface area contributed by atoms with Crippen molar-refractivity contribution < 1.29 is 14.3 Å². The van der Waals surface area contributed by atoms with Crippen LogP contribution < -0.4 is 9.47 Å². The van der Waals surface area contributed by atoms with Crippen molar-refractivity contribution in [3.8, 4) is 11.5 Å². The summed E-state index contributed by atoms with van der Waals surface area (Å²) >= 11 is 0. The van der Waals surface area contributed by atoms with Gasteiger partial charge in [-0.3, -0.25) is 4.90 Å². The van der Waals surface area contributed by atoms with Crippen LogP contribution in [0.15, 0.2) is 18.2 Å². The van der Waals surface area contributed by atoms with Gasteiger partial charge in [-0.2, -0.15) is 0 Å². The van der Waals surface area contributed by atoms with E-state index >= 15 is 0 Å². The van der Waals surface area contributed by atoms with Crippen molar-refractivity contribution in [1.29, 1.82) is 0 Å². The number of ether oxygens (including phenoxy) is 2. The van der Waals surface area contributed by atoms with Gasteiger partial charge in [-0.1, -0.05) is 12.1 Å². The summed E-state index contributed by atoms with van der Waals surface area (Å²) in [7, 11) is 0. The van der Waals surface area contributed by atoms with Crippen molar-refractivity contribution in [2.24, 2.45) is 0 Å². The fraction of sp³-hybridized carbons (Fsp3) is 0.632. The van der Waals surface area contributed by atoms with Crippen LogP contribution in [0.25, 0.3) is 0 Å². The summed E-state index contributed by atoms with van der Waals surface area (Å²) in [6.45, 7) is 8.80. The average Bonchev–Trinajstić information content (AvgIpc) is 3.03. The van der Waals surface area contributed by atoms with Gasteiger partial charge in [0.2, 0.25) is 0 Å². The number of carbonyl (C=O) groups is 1. The number of fused-ring (bicyclic) bond motifs is 1. The zero-order valence-electron chi connectivity index (χ0n) is 14.9. The van der Waals surface area contributed by atoms with Gasteiger partial charge in [0.05, 0.1) is 0 Å². The lowest BCUT2D eigenvalue weighted by Gasteiger charge is -2.36. The summed E-state index contributed by atoms with van der Waals surface area (Å²) in [5, 5.41) is 0. The molecule has 0 spiro atoms. The van der Waals surface area contributed by atoms with E-state index in [0.717, 1.165) is 63.6 Å². The smallest absolute Gasteiger partial charge is 0.320 e. The average molecular weight is 345 g/mol. The molecule has 0 aromatic heterocycles. The zero-order chi connectivity index (χ0) is 17.2. The molecule has 6 nitrogen and oxygen atoms in total. The predicted molar refractivity (Wildman–Crippen MR) is 95.1 cm³/mol. The van der Waals surface area contributed by atoms with Crippen LogP contribution in [-0.2, 0) is 6.54 Å². The van der Waals surface area contributed by atoms with E-state index in [1.165, 1.54) is 5.56 Å². The third kappa shape index (κ3) is 3.27. The van der Waals surface area contributed by atoms with E-state index in [1.807, 2.05) is 17.0 Å². The number of hydrogen-bond donors (Lipinski definition) is 0. The first-order chi connectivity index (χ1) is 12.3. The molecule has 2 saturated heterocycles. The Labute approximate surface area is 149 Å². The minimum atomic E-state index is 0.226. The van der Waals surface area contributed by atoms with Gasteiger partial charge in [0.25, 0.3) is 0 Å². The molecular formula is C19H27N3O3. The molecule has 3 aliphatic heterocycles. The highest BCUT2D eigenvalue weighted by Gasteiger charge is 2.34. The molecule has 2 fully saturated rings. The first-order valence-electron chi connectivity index (χ1n) is 9.41. The summed E-state index contributed by atoms with van der Waals surface area (Å²) in [5.74, 6) is 1.77. The molecule has 1 aromatic carbocycles. The van der Waals surface area contributed by atoms with Crippen molar-refractivity contribution in [3.63, 3.8) is 0 Å². The topological polar surface area (TPSA) is 45.2 Å². The van der Waals surface area contributed by atoms with E-state index < -0.39 is 0 Å². The molecule has 3 heterocycles. The molecule has 1 aromatic rings. The highest BCUT2D eigenvalue weighted by Crippen LogP contribution is 2.34. The Morgan fingerprint density at radius 1 is 1.08 bits per heavy atom. The van der Waals surface area contributed by atoms with Crippen molar-refractivity contribution in [2.75, 3.05) is 45.9 Å². The number of nitrogens with zero attached hydrogens (tertiary/aromatic N) is 3. The molecule has 6 heteroatoms. The van der Waals surface area contributed by atoms with Crippen LogP contribution in [0.4, 0.5) is 4.79 Å². The van der Waals surface area contributed by atoms with Crippen molar-refractivity contribution in [3.05, 3.63) is 23.8 Å². The van der Waals surface area contributed by atoms with Gasteiger partial charge in [-0.15, -0.1) is 0 Å². The summed E-state index contributed by atoms with van der Waals surface area (Å²) < 4.78 is 11.5. The molecule has 0 N–H and O–H groups in total. The third-order valence-corrected chi connectivity index (χ3v) is 5.55. The van der Waals surface area contributed by atoms with Crippen molar-refractivity contribution in [1.82, 2.24) is 14.7 Å². The first-order valence-corrected chi connectivity index (χ1v) is 9.41. The van der Waals surface area contributed by atoms with Crippen LogP contribution in [0.5, 0.6) is 11.5 Å². The SMILES string of the molecule is CCN1CCN(C2CCN(Cc3cccc4c3OCCO4)CC2)C1=O. The fourth-order valence-corrected chi connectivity index (χ4v) is 4.12. The molecule has 0 atom stereocenters. The Kier molecular flexibility index (Phi) is 4.70. The normalized spacial score (nSPS) is 21.9. The quantitative estimate of drug-likeness (QED) is 0.839. The highest BCUT2D eigenvalue weighted by molar-refractivity contribution is 5.76. The van der Waals surface area contributed by atoms with Crippen LogP contribution in [-0.4, -0.2) is 72.7 Å². The minimum Gasteiger partial charge on any atom is -0.486 e. The number of carbonyl (C=O) groups excluding carboxylic acids is 1. The number of amides is 2. The molecule has 2 amide bonds. The predicted octanol–water partition coefficient (Wildman–Crippen LogP) is 2.18. The summed E-state index contributed by atoms with van der Waals surface area (Å²) in [6.07, 6.45) is 2.10. The van der Waals surface area contributed by atoms with Crippen LogP contribution in [0.3, 0.4) is 0 Å². The number of piperidine rings is 1. The van der Waals surface area contributed by atoms with Crippen molar-refractivity contribution in [2.45, 2.75) is 32.4 Å². The van der Waals surface area contributed by atoms with Gasteiger partial charge in [0.15, 0.2) is 11.5 Å². The second-order valence-electron chi connectivity index (χ2n) is 7.00. The number of urea groups is 1. The largest absolute Gasteiger partial charge is 0.486 e. The third-order valence-electron chi connectivity index (χ3n) is 5.55. The summed E-state index contributed by atoms with van der Waals surface area (Å²) in [4.78, 5) is 18.9. The second-order valence-corrected chi connectivity index (χ2v) is 7.00. The first kappa shape index (κ1) is 16.5. The second kappa shape index (κ2) is 7.12. The Balaban J connectivity index is 1.35. The van der Waals surface area contributed by atoms with E-state index in [1.54, 1.807) is 0 Å².